The van der Waals surface area contributed by atoms with Crippen LogP contribution in [0, 0.1) is 5.82 Å². The summed E-state index contributed by atoms with van der Waals surface area (Å²) in [5.41, 5.74) is 0. The van der Waals surface area contributed by atoms with E-state index >= 15 is 0 Å². The minimum Gasteiger partial charge on any atom is -0.311 e. The molecular formula is C16H25FN2S. The lowest BCUT2D eigenvalue weighted by atomic mass is 10.1. The number of rotatable bonds is 6. The van der Waals surface area contributed by atoms with Crippen LogP contribution in [0.1, 0.15) is 26.7 Å². The number of halogens is 1. The van der Waals surface area contributed by atoms with Crippen LogP contribution in [0.3, 0.4) is 0 Å². The van der Waals surface area contributed by atoms with Gasteiger partial charge in [-0.05, 0) is 37.1 Å². The molecule has 1 saturated heterocycles. The normalized spacial score (nSPS) is 23.9. The van der Waals surface area contributed by atoms with Gasteiger partial charge in [0, 0.05) is 42.4 Å². The van der Waals surface area contributed by atoms with Crippen LogP contribution < -0.4 is 5.32 Å². The molecule has 1 aliphatic rings. The first-order chi connectivity index (χ1) is 9.72. The maximum absolute atomic E-state index is 12.9. The molecule has 1 aromatic rings. The number of thioether (sulfide) groups is 1. The van der Waals surface area contributed by atoms with Gasteiger partial charge in [-0.1, -0.05) is 13.8 Å². The molecule has 2 rings (SSSR count). The SMILES string of the molecule is CCC1CN(CCSc2ccc(F)cc2)C(CC)CN1. The fourth-order valence-electron chi connectivity index (χ4n) is 2.69. The smallest absolute Gasteiger partial charge is 0.123 e. The van der Waals surface area contributed by atoms with Crippen LogP contribution in [0.4, 0.5) is 4.39 Å². The molecule has 0 radical (unpaired) electrons. The van der Waals surface area contributed by atoms with Crippen LogP contribution in [0.15, 0.2) is 29.2 Å². The largest absolute Gasteiger partial charge is 0.311 e. The molecule has 0 saturated carbocycles. The van der Waals surface area contributed by atoms with Gasteiger partial charge in [0.25, 0.3) is 0 Å². The second-order valence-electron chi connectivity index (χ2n) is 5.37. The first kappa shape index (κ1) is 15.8. The highest BCUT2D eigenvalue weighted by molar-refractivity contribution is 7.99. The summed E-state index contributed by atoms with van der Waals surface area (Å²) in [7, 11) is 0. The van der Waals surface area contributed by atoms with Crippen LogP contribution in [-0.4, -0.2) is 42.4 Å². The van der Waals surface area contributed by atoms with Crippen molar-refractivity contribution in [2.24, 2.45) is 0 Å². The second kappa shape index (κ2) is 8.01. The zero-order valence-corrected chi connectivity index (χ0v) is 13.3. The van der Waals surface area contributed by atoms with Gasteiger partial charge in [-0.25, -0.2) is 4.39 Å². The van der Waals surface area contributed by atoms with E-state index in [1.807, 2.05) is 23.9 Å². The first-order valence-corrected chi connectivity index (χ1v) is 8.57. The number of hydrogen-bond acceptors (Lipinski definition) is 3. The van der Waals surface area contributed by atoms with Gasteiger partial charge in [0.05, 0.1) is 0 Å². The molecule has 4 heteroatoms. The third-order valence-corrected chi connectivity index (χ3v) is 5.03. The van der Waals surface area contributed by atoms with Crippen molar-refractivity contribution < 1.29 is 4.39 Å². The van der Waals surface area contributed by atoms with E-state index in [4.69, 9.17) is 0 Å². The van der Waals surface area contributed by atoms with Crippen molar-refractivity contribution in [1.29, 1.82) is 0 Å². The lowest BCUT2D eigenvalue weighted by Crippen LogP contribution is -2.56. The zero-order chi connectivity index (χ0) is 14.4. The van der Waals surface area contributed by atoms with Gasteiger partial charge in [0.1, 0.15) is 5.82 Å². The van der Waals surface area contributed by atoms with E-state index in [0.717, 1.165) is 30.3 Å². The Kier molecular flexibility index (Phi) is 6.33. The van der Waals surface area contributed by atoms with Gasteiger partial charge in [0.15, 0.2) is 0 Å². The second-order valence-corrected chi connectivity index (χ2v) is 6.54. The topological polar surface area (TPSA) is 15.3 Å². The van der Waals surface area contributed by atoms with E-state index in [2.05, 4.69) is 24.1 Å². The van der Waals surface area contributed by atoms with Crippen LogP contribution in [0.25, 0.3) is 0 Å². The Balaban J connectivity index is 1.80. The lowest BCUT2D eigenvalue weighted by molar-refractivity contribution is 0.133. The maximum Gasteiger partial charge on any atom is 0.123 e. The fourth-order valence-corrected chi connectivity index (χ4v) is 3.58. The number of nitrogens with one attached hydrogen (secondary N) is 1. The monoisotopic (exact) mass is 296 g/mol. The first-order valence-electron chi connectivity index (χ1n) is 7.58. The molecule has 0 aliphatic carbocycles. The molecule has 1 heterocycles. The van der Waals surface area contributed by atoms with Crippen molar-refractivity contribution in [3.05, 3.63) is 30.1 Å². The Morgan fingerprint density at radius 1 is 1.25 bits per heavy atom. The third kappa shape index (κ3) is 4.47. The number of piperazine rings is 1. The highest BCUT2D eigenvalue weighted by atomic mass is 32.2. The summed E-state index contributed by atoms with van der Waals surface area (Å²) in [5.74, 6) is 0.909. The van der Waals surface area contributed by atoms with E-state index in [0.29, 0.717) is 12.1 Å². The number of nitrogens with zero attached hydrogens (tertiary/aromatic N) is 1. The van der Waals surface area contributed by atoms with E-state index in [9.17, 15) is 4.39 Å². The Bertz CT molecular complexity index is 396. The molecule has 1 aliphatic heterocycles. The van der Waals surface area contributed by atoms with Crippen molar-refractivity contribution in [3.8, 4) is 0 Å². The molecule has 2 nitrogen and oxygen atoms in total. The molecular weight excluding hydrogens is 271 g/mol. The van der Waals surface area contributed by atoms with Gasteiger partial charge in [-0.15, -0.1) is 11.8 Å². The van der Waals surface area contributed by atoms with E-state index in [1.54, 1.807) is 0 Å². The van der Waals surface area contributed by atoms with Gasteiger partial charge < -0.3 is 5.32 Å². The molecule has 2 unspecified atom stereocenters. The van der Waals surface area contributed by atoms with Crippen molar-refractivity contribution in [3.63, 3.8) is 0 Å². The fraction of sp³-hybridized carbons (Fsp3) is 0.625. The molecule has 1 N–H and O–H groups in total. The molecule has 1 fully saturated rings. The van der Waals surface area contributed by atoms with Crippen LogP contribution in [0.2, 0.25) is 0 Å². The lowest BCUT2D eigenvalue weighted by Gasteiger charge is -2.40. The Labute approximate surface area is 126 Å². The highest BCUT2D eigenvalue weighted by Crippen LogP contribution is 2.19. The summed E-state index contributed by atoms with van der Waals surface area (Å²) in [6, 6.07) is 8.10. The number of benzene rings is 1. The van der Waals surface area contributed by atoms with Gasteiger partial charge in [-0.2, -0.15) is 0 Å². The minimum atomic E-state index is -0.159. The molecule has 0 spiro atoms. The average molecular weight is 296 g/mol. The van der Waals surface area contributed by atoms with Crippen molar-refractivity contribution in [1.82, 2.24) is 10.2 Å². The molecule has 112 valence electrons. The third-order valence-electron chi connectivity index (χ3n) is 4.04. The van der Waals surface area contributed by atoms with Crippen LogP contribution in [-0.2, 0) is 0 Å². The predicted molar refractivity (Wildman–Crippen MR) is 84.9 cm³/mol. The predicted octanol–water partition coefficient (Wildman–Crippen LogP) is 3.38. The van der Waals surface area contributed by atoms with Crippen molar-refractivity contribution in [2.75, 3.05) is 25.4 Å². The minimum absolute atomic E-state index is 0.159. The Morgan fingerprint density at radius 2 is 2.00 bits per heavy atom. The summed E-state index contributed by atoms with van der Waals surface area (Å²) < 4.78 is 12.9. The standard InChI is InChI=1S/C16H25FN2S/c1-3-14-12-19(15(4-2)11-18-14)9-10-20-16-7-5-13(17)6-8-16/h5-8,14-15,18H,3-4,9-12H2,1-2H3. The Hall–Kier alpha value is -0.580. The highest BCUT2D eigenvalue weighted by Gasteiger charge is 2.25. The van der Waals surface area contributed by atoms with Crippen molar-refractivity contribution in [2.45, 2.75) is 43.7 Å². The summed E-state index contributed by atoms with van der Waals surface area (Å²) >= 11 is 1.82. The summed E-state index contributed by atoms with van der Waals surface area (Å²) in [6.07, 6.45) is 2.39. The van der Waals surface area contributed by atoms with Gasteiger partial charge in [-0.3, -0.25) is 4.90 Å². The molecule has 0 aromatic heterocycles. The maximum atomic E-state index is 12.9. The van der Waals surface area contributed by atoms with Crippen LogP contribution >= 0.6 is 11.8 Å². The Morgan fingerprint density at radius 3 is 2.65 bits per heavy atom. The van der Waals surface area contributed by atoms with E-state index in [-0.39, 0.29) is 5.82 Å². The summed E-state index contributed by atoms with van der Waals surface area (Å²) in [5, 5.41) is 3.62. The molecule has 2 atom stereocenters. The molecule has 0 amide bonds. The molecule has 20 heavy (non-hydrogen) atoms. The van der Waals surface area contributed by atoms with Crippen molar-refractivity contribution >= 4 is 11.8 Å². The summed E-state index contributed by atoms with van der Waals surface area (Å²) in [6.45, 7) is 7.88. The average Bonchev–Trinajstić information content (AvgIpc) is 2.49. The van der Waals surface area contributed by atoms with E-state index < -0.39 is 0 Å². The van der Waals surface area contributed by atoms with E-state index in [1.165, 1.54) is 25.0 Å². The number of hydrogen-bond donors (Lipinski definition) is 1. The summed E-state index contributed by atoms with van der Waals surface area (Å²) in [4.78, 5) is 3.77. The molecule has 0 bridgehead atoms. The van der Waals surface area contributed by atoms with Gasteiger partial charge >= 0.3 is 0 Å². The van der Waals surface area contributed by atoms with Gasteiger partial charge in [0.2, 0.25) is 0 Å². The van der Waals surface area contributed by atoms with Crippen LogP contribution in [0.5, 0.6) is 0 Å². The quantitative estimate of drug-likeness (QED) is 0.810. The zero-order valence-electron chi connectivity index (χ0n) is 12.4. The molecule has 1 aromatic carbocycles.